The molecule has 0 saturated carbocycles. The number of rotatable bonds is 2. The number of hydrogen-bond acceptors (Lipinski definition) is 3. The largest absolute Gasteiger partial charge is 0.291 e. The summed E-state index contributed by atoms with van der Waals surface area (Å²) in [5.74, 6) is -0.216. The lowest BCUT2D eigenvalue weighted by atomic mass is 10.2. The highest BCUT2D eigenvalue weighted by Gasteiger charge is 2.21. The zero-order chi connectivity index (χ0) is 13.2. The summed E-state index contributed by atoms with van der Waals surface area (Å²) >= 11 is 1.65. The van der Waals surface area contributed by atoms with Crippen LogP contribution in [0.4, 0.5) is 4.39 Å². The monoisotopic (exact) mass is 272 g/mol. The van der Waals surface area contributed by atoms with Gasteiger partial charge in [-0.15, -0.1) is 0 Å². The Morgan fingerprint density at radius 3 is 2.42 bits per heavy atom. The van der Waals surface area contributed by atoms with Crippen molar-refractivity contribution in [3.8, 4) is 0 Å². The van der Waals surface area contributed by atoms with Gasteiger partial charge in [-0.05, 0) is 24.6 Å². The highest BCUT2D eigenvalue weighted by molar-refractivity contribution is 8.14. The standard InChI is InChI=1S/C15H13FN2S/c1-10-2-4-11(5-3-10)14-17-18-15(19-14)12-6-8-13(16)9-7-12/h2-9,15,18H,1H3/t15-/m1/s1. The molecule has 1 atom stereocenters. The Morgan fingerprint density at radius 1 is 1.05 bits per heavy atom. The molecule has 4 heteroatoms. The lowest BCUT2D eigenvalue weighted by molar-refractivity contribution is 0.625. The minimum Gasteiger partial charge on any atom is -0.291 e. The third kappa shape index (κ3) is 2.63. The predicted octanol–water partition coefficient (Wildman–Crippen LogP) is 3.83. The fraction of sp³-hybridized carbons (Fsp3) is 0.133. The second-order valence-corrected chi connectivity index (χ2v) is 5.56. The third-order valence-electron chi connectivity index (χ3n) is 2.98. The van der Waals surface area contributed by atoms with Gasteiger partial charge in [-0.3, -0.25) is 5.43 Å². The number of nitrogens with one attached hydrogen (secondary N) is 1. The third-order valence-corrected chi connectivity index (χ3v) is 4.15. The minimum atomic E-state index is -0.216. The van der Waals surface area contributed by atoms with Gasteiger partial charge in [-0.1, -0.05) is 53.7 Å². The predicted molar refractivity (Wildman–Crippen MR) is 77.6 cm³/mol. The first-order valence-corrected chi connectivity index (χ1v) is 6.93. The summed E-state index contributed by atoms with van der Waals surface area (Å²) in [7, 11) is 0. The number of nitrogens with zero attached hydrogens (tertiary/aromatic N) is 1. The van der Waals surface area contributed by atoms with E-state index in [0.717, 1.165) is 16.2 Å². The van der Waals surface area contributed by atoms with Crippen LogP contribution in [-0.2, 0) is 0 Å². The maximum absolute atomic E-state index is 12.9. The molecule has 3 rings (SSSR count). The average molecular weight is 272 g/mol. The van der Waals surface area contributed by atoms with Crippen molar-refractivity contribution in [2.75, 3.05) is 0 Å². The Hall–Kier alpha value is -1.81. The number of halogens is 1. The van der Waals surface area contributed by atoms with Crippen LogP contribution in [0, 0.1) is 12.7 Å². The number of aryl methyl sites for hydroxylation is 1. The van der Waals surface area contributed by atoms with Crippen LogP contribution in [0.3, 0.4) is 0 Å². The number of benzene rings is 2. The summed E-state index contributed by atoms with van der Waals surface area (Å²) < 4.78 is 12.9. The molecule has 2 nitrogen and oxygen atoms in total. The maximum Gasteiger partial charge on any atom is 0.126 e. The Bertz CT molecular complexity index is 605. The van der Waals surface area contributed by atoms with Gasteiger partial charge in [0.2, 0.25) is 0 Å². The summed E-state index contributed by atoms with van der Waals surface area (Å²) in [6.45, 7) is 2.06. The Kier molecular flexibility index (Phi) is 3.25. The molecular formula is C15H13FN2S. The molecule has 0 fully saturated rings. The Balaban J connectivity index is 1.76. The molecule has 96 valence electrons. The van der Waals surface area contributed by atoms with Gasteiger partial charge in [0.25, 0.3) is 0 Å². The molecule has 0 aliphatic carbocycles. The molecule has 0 unspecified atom stereocenters. The average Bonchev–Trinajstić information content (AvgIpc) is 2.90. The summed E-state index contributed by atoms with van der Waals surface area (Å²) in [5, 5.41) is 5.37. The Morgan fingerprint density at radius 2 is 1.74 bits per heavy atom. The molecule has 2 aromatic carbocycles. The SMILES string of the molecule is Cc1ccc(C2=NN[C@@H](c3ccc(F)cc3)S2)cc1. The van der Waals surface area contributed by atoms with E-state index in [1.54, 1.807) is 23.9 Å². The van der Waals surface area contributed by atoms with Crippen LogP contribution in [0.2, 0.25) is 0 Å². The van der Waals surface area contributed by atoms with Crippen LogP contribution in [0.5, 0.6) is 0 Å². The van der Waals surface area contributed by atoms with Gasteiger partial charge in [-0.25, -0.2) is 4.39 Å². The summed E-state index contributed by atoms with van der Waals surface area (Å²) in [4.78, 5) is 0. The molecule has 19 heavy (non-hydrogen) atoms. The van der Waals surface area contributed by atoms with Crippen molar-refractivity contribution in [3.05, 3.63) is 71.0 Å². The van der Waals surface area contributed by atoms with E-state index in [9.17, 15) is 4.39 Å². The van der Waals surface area contributed by atoms with Gasteiger partial charge in [0.05, 0.1) is 0 Å². The van der Waals surface area contributed by atoms with Crippen molar-refractivity contribution in [3.63, 3.8) is 0 Å². The second kappa shape index (κ2) is 5.05. The first-order valence-electron chi connectivity index (χ1n) is 6.05. The van der Waals surface area contributed by atoms with E-state index in [-0.39, 0.29) is 11.2 Å². The van der Waals surface area contributed by atoms with Crippen LogP contribution < -0.4 is 5.43 Å². The van der Waals surface area contributed by atoms with Crippen LogP contribution in [-0.4, -0.2) is 5.04 Å². The van der Waals surface area contributed by atoms with Crippen molar-refractivity contribution in [2.45, 2.75) is 12.3 Å². The van der Waals surface area contributed by atoms with Gasteiger partial charge >= 0.3 is 0 Å². The molecule has 1 aliphatic rings. The molecule has 1 heterocycles. The van der Waals surface area contributed by atoms with E-state index in [0.29, 0.717) is 0 Å². The van der Waals surface area contributed by atoms with Crippen LogP contribution in [0.15, 0.2) is 53.6 Å². The zero-order valence-electron chi connectivity index (χ0n) is 10.4. The summed E-state index contributed by atoms with van der Waals surface area (Å²) in [6, 6.07) is 14.8. The smallest absolute Gasteiger partial charge is 0.126 e. The van der Waals surface area contributed by atoms with E-state index in [2.05, 4.69) is 41.7 Å². The maximum atomic E-state index is 12.9. The molecular weight excluding hydrogens is 259 g/mol. The van der Waals surface area contributed by atoms with Crippen molar-refractivity contribution < 1.29 is 4.39 Å². The van der Waals surface area contributed by atoms with Crippen LogP contribution in [0.1, 0.15) is 22.1 Å². The molecule has 0 amide bonds. The quantitative estimate of drug-likeness (QED) is 0.898. The fourth-order valence-corrected chi connectivity index (χ4v) is 2.89. The van der Waals surface area contributed by atoms with Gasteiger partial charge < -0.3 is 0 Å². The summed E-state index contributed by atoms with van der Waals surface area (Å²) in [5.41, 5.74) is 6.45. The Labute approximate surface area is 115 Å². The number of thioether (sulfide) groups is 1. The van der Waals surface area contributed by atoms with Gasteiger partial charge in [-0.2, -0.15) is 5.10 Å². The van der Waals surface area contributed by atoms with E-state index in [1.165, 1.54) is 17.7 Å². The molecule has 0 spiro atoms. The van der Waals surface area contributed by atoms with Crippen LogP contribution >= 0.6 is 11.8 Å². The lowest BCUT2D eigenvalue weighted by Gasteiger charge is -2.09. The number of hydrogen-bond donors (Lipinski definition) is 1. The second-order valence-electron chi connectivity index (χ2n) is 4.46. The molecule has 2 aromatic rings. The van der Waals surface area contributed by atoms with Crippen molar-refractivity contribution >= 4 is 16.8 Å². The molecule has 0 aromatic heterocycles. The fourth-order valence-electron chi connectivity index (χ4n) is 1.89. The first-order chi connectivity index (χ1) is 9.22. The van der Waals surface area contributed by atoms with Crippen molar-refractivity contribution in [1.29, 1.82) is 0 Å². The number of hydrazone groups is 1. The van der Waals surface area contributed by atoms with Crippen molar-refractivity contribution in [1.82, 2.24) is 5.43 Å². The van der Waals surface area contributed by atoms with E-state index >= 15 is 0 Å². The highest BCUT2D eigenvalue weighted by Crippen LogP contribution is 2.34. The molecule has 1 N–H and O–H groups in total. The topological polar surface area (TPSA) is 24.4 Å². The van der Waals surface area contributed by atoms with Gasteiger partial charge in [0.1, 0.15) is 16.2 Å². The van der Waals surface area contributed by atoms with Gasteiger partial charge in [0.15, 0.2) is 0 Å². The summed E-state index contributed by atoms with van der Waals surface area (Å²) in [6.07, 6.45) is 0. The van der Waals surface area contributed by atoms with Gasteiger partial charge in [0, 0.05) is 5.56 Å². The molecule has 0 bridgehead atoms. The minimum absolute atomic E-state index is 0.0527. The molecule has 1 aliphatic heterocycles. The van der Waals surface area contributed by atoms with E-state index in [4.69, 9.17) is 0 Å². The normalized spacial score (nSPS) is 18.0. The van der Waals surface area contributed by atoms with Crippen LogP contribution in [0.25, 0.3) is 0 Å². The molecule has 0 saturated heterocycles. The molecule has 0 radical (unpaired) electrons. The van der Waals surface area contributed by atoms with E-state index < -0.39 is 0 Å². The highest BCUT2D eigenvalue weighted by atomic mass is 32.2. The zero-order valence-corrected chi connectivity index (χ0v) is 11.2. The first kappa shape index (κ1) is 12.2. The lowest BCUT2D eigenvalue weighted by Crippen LogP contribution is -2.06. The van der Waals surface area contributed by atoms with Crippen molar-refractivity contribution in [2.24, 2.45) is 5.10 Å². The van der Waals surface area contributed by atoms with E-state index in [1.807, 2.05) is 0 Å².